The van der Waals surface area contributed by atoms with Gasteiger partial charge < -0.3 is 15.4 Å². The molecule has 2 N–H and O–H groups in total. The Morgan fingerprint density at radius 3 is 2.28 bits per heavy atom. The molecule has 1 aliphatic heterocycles. The van der Waals surface area contributed by atoms with Gasteiger partial charge in [0, 0.05) is 37.9 Å². The number of anilines is 2. The summed E-state index contributed by atoms with van der Waals surface area (Å²) in [6.07, 6.45) is 2.62. The average Bonchev–Trinajstić information content (AvgIpc) is 3.69. The number of piperazine rings is 1. The third-order valence-electron chi connectivity index (χ3n) is 6.89. The molecule has 2 aliphatic rings. The zero-order valence-corrected chi connectivity index (χ0v) is 21.7. The van der Waals surface area contributed by atoms with E-state index >= 15 is 0 Å². The molecular weight excluding hydrogens is 530 g/mol. The van der Waals surface area contributed by atoms with Crippen LogP contribution >= 0.6 is 0 Å². The molecule has 1 saturated carbocycles. The Morgan fingerprint density at radius 2 is 1.69 bits per heavy atom. The maximum Gasteiger partial charge on any atom is 0.316 e. The van der Waals surface area contributed by atoms with Crippen LogP contribution in [0.25, 0.3) is 5.69 Å². The lowest BCUT2D eigenvalue weighted by Gasteiger charge is -2.35. The highest BCUT2D eigenvalue weighted by Gasteiger charge is 2.44. The van der Waals surface area contributed by atoms with Gasteiger partial charge >= 0.3 is 5.56 Å². The van der Waals surface area contributed by atoms with Gasteiger partial charge in [0.25, 0.3) is 0 Å². The number of nitrogen functional groups attached to an aromatic ring is 1. The Balaban J connectivity index is 1.39. The summed E-state index contributed by atoms with van der Waals surface area (Å²) < 4.78 is 61.8. The predicted octanol–water partition coefficient (Wildman–Crippen LogP) is 2.43. The zero-order chi connectivity index (χ0) is 27.8. The second kappa shape index (κ2) is 10.3. The molecule has 0 spiro atoms. The van der Waals surface area contributed by atoms with E-state index in [9.17, 15) is 27.3 Å². The highest BCUT2D eigenvalue weighted by atomic mass is 32.2. The fraction of sp³-hybridized carbons (Fsp3) is 0.346. The lowest BCUT2D eigenvalue weighted by molar-refractivity contribution is 0.263. The van der Waals surface area contributed by atoms with Gasteiger partial charge in [0.1, 0.15) is 23.9 Å². The molecule has 0 unspecified atom stereocenters. The molecule has 5 rings (SSSR count). The van der Waals surface area contributed by atoms with Gasteiger partial charge in [-0.25, -0.2) is 17.2 Å². The van der Waals surface area contributed by atoms with E-state index < -0.39 is 32.6 Å². The number of rotatable bonds is 8. The number of hydrogen-bond acceptors (Lipinski definition) is 8. The second-order valence-electron chi connectivity index (χ2n) is 9.77. The number of hydrogen-bond donors (Lipinski definition) is 1. The van der Waals surface area contributed by atoms with Crippen molar-refractivity contribution in [1.29, 1.82) is 5.26 Å². The minimum absolute atomic E-state index is 0.0246. The molecule has 13 heteroatoms. The minimum atomic E-state index is -3.60. The molecule has 0 amide bonds. The Labute approximate surface area is 223 Å². The summed E-state index contributed by atoms with van der Waals surface area (Å²) in [5, 5.41) is 13.6. The van der Waals surface area contributed by atoms with Gasteiger partial charge in [0.05, 0.1) is 29.1 Å². The van der Waals surface area contributed by atoms with Crippen LogP contribution in [0.3, 0.4) is 0 Å². The van der Waals surface area contributed by atoms with Gasteiger partial charge in [0.2, 0.25) is 15.8 Å². The molecule has 204 valence electrons. The highest BCUT2D eigenvalue weighted by molar-refractivity contribution is 7.88. The molecule has 39 heavy (non-hydrogen) atoms. The average molecular weight is 557 g/mol. The topological polar surface area (TPSA) is 135 Å². The monoisotopic (exact) mass is 556 g/mol. The number of ether oxygens (including phenoxy) is 1. The lowest BCUT2D eigenvalue weighted by Crippen LogP contribution is -2.49. The van der Waals surface area contributed by atoms with Crippen LogP contribution in [-0.2, 0) is 15.8 Å². The first-order valence-electron chi connectivity index (χ1n) is 12.3. The predicted molar refractivity (Wildman–Crippen MR) is 140 cm³/mol. The third kappa shape index (κ3) is 5.71. The number of halogens is 2. The maximum atomic E-state index is 13.8. The molecule has 0 bridgehead atoms. The number of aromatic nitrogens is 2. The van der Waals surface area contributed by atoms with Gasteiger partial charge in [-0.2, -0.15) is 19.3 Å². The van der Waals surface area contributed by atoms with Gasteiger partial charge in [-0.3, -0.25) is 4.79 Å². The molecule has 1 saturated heterocycles. The number of nitrogens with two attached hydrogens (primary N) is 1. The summed E-state index contributed by atoms with van der Waals surface area (Å²) in [4.78, 5) is 15.2. The van der Waals surface area contributed by atoms with Crippen LogP contribution < -0.4 is 20.9 Å². The van der Waals surface area contributed by atoms with E-state index in [4.69, 9.17) is 10.5 Å². The molecular formula is C26H26F2N6O4S. The van der Waals surface area contributed by atoms with E-state index in [1.807, 2.05) is 0 Å². The van der Waals surface area contributed by atoms with Crippen molar-refractivity contribution in [2.75, 3.05) is 43.4 Å². The molecule has 1 aliphatic carbocycles. The first-order valence-corrected chi connectivity index (χ1v) is 13.9. The Bertz CT molecular complexity index is 1570. The van der Waals surface area contributed by atoms with Gasteiger partial charge in [0.15, 0.2) is 0 Å². The van der Waals surface area contributed by atoms with Crippen LogP contribution in [0.5, 0.6) is 5.75 Å². The summed E-state index contributed by atoms with van der Waals surface area (Å²) in [6.45, 7) is 0.804. The SMILES string of the molecule is N#CC1(COc2c(N3CCN(S(=O)(=O)Cc4ccc(N)cc4)CC3)cnn(-c3cc(F)cc(F)c3)c2=O)CC1. The summed E-state index contributed by atoms with van der Waals surface area (Å²) in [7, 11) is -3.60. The largest absolute Gasteiger partial charge is 0.485 e. The number of benzene rings is 2. The maximum absolute atomic E-state index is 13.8. The van der Waals surface area contributed by atoms with Crippen molar-refractivity contribution < 1.29 is 21.9 Å². The molecule has 2 aromatic carbocycles. The highest BCUT2D eigenvalue weighted by Crippen LogP contribution is 2.45. The molecule has 0 radical (unpaired) electrons. The van der Waals surface area contributed by atoms with E-state index in [0.29, 0.717) is 35.8 Å². The Kier molecular flexibility index (Phi) is 7.00. The normalized spacial score (nSPS) is 17.0. The van der Waals surface area contributed by atoms with Crippen LogP contribution in [0.1, 0.15) is 18.4 Å². The molecule has 0 atom stereocenters. The standard InChI is InChI=1S/C26H26F2N6O4S/c27-19-11-20(28)13-22(12-19)34-25(35)24(38-17-26(16-29)5-6-26)23(14-31-34)32-7-9-33(10-8-32)39(36,37)15-18-1-3-21(30)4-2-18/h1-4,11-14H,5-10,15,17,30H2. The number of nitrogens with zero attached hydrogens (tertiary/aromatic N) is 5. The van der Waals surface area contributed by atoms with Gasteiger partial charge in [-0.15, -0.1) is 0 Å². The van der Waals surface area contributed by atoms with Crippen molar-refractivity contribution >= 4 is 21.4 Å². The van der Waals surface area contributed by atoms with E-state index in [2.05, 4.69) is 11.2 Å². The molecule has 3 aromatic rings. The number of nitriles is 1. The Morgan fingerprint density at radius 1 is 1.05 bits per heavy atom. The van der Waals surface area contributed by atoms with Crippen LogP contribution in [0.4, 0.5) is 20.2 Å². The smallest absolute Gasteiger partial charge is 0.316 e. The van der Waals surface area contributed by atoms with Crippen molar-refractivity contribution in [3.05, 3.63) is 76.2 Å². The van der Waals surface area contributed by atoms with Gasteiger partial charge in [-0.1, -0.05) is 12.1 Å². The van der Waals surface area contributed by atoms with Crippen LogP contribution in [0.2, 0.25) is 0 Å². The zero-order valence-electron chi connectivity index (χ0n) is 20.9. The lowest BCUT2D eigenvalue weighted by atomic mass is 10.1. The molecule has 10 nitrogen and oxygen atoms in total. The summed E-state index contributed by atoms with van der Waals surface area (Å²) >= 11 is 0. The molecule has 2 heterocycles. The summed E-state index contributed by atoms with van der Waals surface area (Å²) in [5.41, 5.74) is 5.62. The quantitative estimate of drug-likeness (QED) is 0.418. The molecule has 1 aromatic heterocycles. The third-order valence-corrected chi connectivity index (χ3v) is 8.74. The van der Waals surface area contributed by atoms with Crippen LogP contribution in [0.15, 0.2) is 53.5 Å². The van der Waals surface area contributed by atoms with Crippen LogP contribution in [-0.4, -0.2) is 55.3 Å². The van der Waals surface area contributed by atoms with Crippen molar-refractivity contribution in [1.82, 2.24) is 14.1 Å². The summed E-state index contributed by atoms with van der Waals surface area (Å²) in [5.74, 6) is -2.03. The van der Waals surface area contributed by atoms with Crippen molar-refractivity contribution in [3.8, 4) is 17.5 Å². The van der Waals surface area contributed by atoms with Crippen molar-refractivity contribution in [2.24, 2.45) is 5.41 Å². The van der Waals surface area contributed by atoms with E-state index in [1.165, 1.54) is 10.5 Å². The fourth-order valence-electron chi connectivity index (χ4n) is 4.41. The van der Waals surface area contributed by atoms with E-state index in [1.54, 1.807) is 29.2 Å². The van der Waals surface area contributed by atoms with Crippen LogP contribution in [0, 0.1) is 28.4 Å². The Hall–Kier alpha value is -4.02. The number of sulfonamides is 1. The minimum Gasteiger partial charge on any atom is -0.485 e. The van der Waals surface area contributed by atoms with Crippen molar-refractivity contribution in [2.45, 2.75) is 18.6 Å². The van der Waals surface area contributed by atoms with Gasteiger partial charge in [-0.05, 0) is 42.7 Å². The van der Waals surface area contributed by atoms with E-state index in [0.717, 1.165) is 16.8 Å². The summed E-state index contributed by atoms with van der Waals surface area (Å²) in [6, 6.07) is 11.5. The van der Waals surface area contributed by atoms with Crippen molar-refractivity contribution in [3.63, 3.8) is 0 Å². The van der Waals surface area contributed by atoms with E-state index in [-0.39, 0.29) is 50.0 Å². The molecule has 2 fully saturated rings. The fourth-order valence-corrected chi connectivity index (χ4v) is 5.92. The second-order valence-corrected chi connectivity index (χ2v) is 11.7. The first kappa shape index (κ1) is 26.6. The first-order chi connectivity index (χ1) is 18.6.